The molecule has 8 heteroatoms. The van der Waals surface area contributed by atoms with E-state index in [4.69, 9.17) is 28.9 Å². The zero-order valence-electron chi connectivity index (χ0n) is 16.3. The Hall–Kier alpha value is -2.44. The van der Waals surface area contributed by atoms with Gasteiger partial charge in [0.2, 0.25) is 0 Å². The number of benzene rings is 2. The molecule has 0 spiro atoms. The number of hydrogen-bond acceptors (Lipinski definition) is 2. The second-order valence-electron chi connectivity index (χ2n) is 7.06. The number of aliphatic imine (C=N–C) groups is 1. The quantitative estimate of drug-likeness (QED) is 0.468. The Bertz CT molecular complexity index is 896. The predicted octanol–water partition coefficient (Wildman–Crippen LogP) is 4.79. The Morgan fingerprint density at radius 1 is 1.21 bits per heavy atom. The molecule has 0 bridgehead atoms. The second kappa shape index (κ2) is 9.85. The summed E-state index contributed by atoms with van der Waals surface area (Å²) in [6.07, 6.45) is 2.13. The van der Waals surface area contributed by atoms with Crippen molar-refractivity contribution in [3.05, 3.63) is 63.6 Å². The first kappa shape index (κ1) is 21.3. The molecule has 2 aromatic carbocycles. The van der Waals surface area contributed by atoms with Crippen LogP contribution < -0.4 is 16.4 Å². The zero-order chi connectivity index (χ0) is 20.8. The van der Waals surface area contributed by atoms with Crippen molar-refractivity contribution in [2.45, 2.75) is 32.4 Å². The predicted molar refractivity (Wildman–Crippen MR) is 120 cm³/mol. The summed E-state index contributed by atoms with van der Waals surface area (Å²) in [5.41, 5.74) is 8.63. The number of urea groups is 1. The van der Waals surface area contributed by atoms with Gasteiger partial charge < -0.3 is 21.3 Å². The molecular weight excluding hydrogens is 409 g/mol. The molecule has 0 radical (unpaired) electrons. The van der Waals surface area contributed by atoms with Crippen LogP contribution in [-0.2, 0) is 6.54 Å². The van der Waals surface area contributed by atoms with Crippen molar-refractivity contribution in [3.63, 3.8) is 0 Å². The molecule has 0 saturated carbocycles. The number of halogens is 2. The minimum Gasteiger partial charge on any atom is -0.370 e. The summed E-state index contributed by atoms with van der Waals surface area (Å²) in [5.74, 6) is 0.315. The number of hydrogen-bond donors (Lipinski definition) is 3. The lowest BCUT2D eigenvalue weighted by Gasteiger charge is -2.17. The molecule has 1 atom stereocenters. The largest absolute Gasteiger partial charge is 0.370 e. The van der Waals surface area contributed by atoms with Crippen LogP contribution in [0.15, 0.2) is 47.5 Å². The maximum absolute atomic E-state index is 12.2. The van der Waals surface area contributed by atoms with Gasteiger partial charge in [0.1, 0.15) is 0 Å². The second-order valence-corrected chi connectivity index (χ2v) is 7.90. The number of nitrogens with zero attached hydrogens (tertiary/aromatic N) is 2. The first-order chi connectivity index (χ1) is 13.9. The number of likely N-dealkylation sites (tertiary alicyclic amines) is 1. The van der Waals surface area contributed by atoms with Crippen LogP contribution in [0.3, 0.4) is 0 Å². The lowest BCUT2D eigenvalue weighted by Crippen LogP contribution is -2.34. The van der Waals surface area contributed by atoms with Gasteiger partial charge in [-0.3, -0.25) is 0 Å². The highest BCUT2D eigenvalue weighted by Gasteiger charge is 2.17. The van der Waals surface area contributed by atoms with Crippen LogP contribution in [0.25, 0.3) is 0 Å². The van der Waals surface area contributed by atoms with E-state index in [1.807, 2.05) is 42.2 Å². The molecule has 2 amide bonds. The summed E-state index contributed by atoms with van der Waals surface area (Å²) in [6.45, 7) is 3.97. The summed E-state index contributed by atoms with van der Waals surface area (Å²) >= 11 is 12.2. The Morgan fingerprint density at radius 3 is 2.69 bits per heavy atom. The number of amides is 2. The van der Waals surface area contributed by atoms with Crippen LogP contribution in [0.5, 0.6) is 0 Å². The van der Waals surface area contributed by atoms with Crippen LogP contribution in [0.4, 0.5) is 10.5 Å². The smallest absolute Gasteiger partial charge is 0.321 e. The van der Waals surface area contributed by atoms with Gasteiger partial charge in [-0.1, -0.05) is 41.4 Å². The number of carbonyl (C=O) groups is 1. The summed E-state index contributed by atoms with van der Waals surface area (Å²) in [6, 6.07) is 12.8. The van der Waals surface area contributed by atoms with E-state index in [9.17, 15) is 4.79 Å². The highest BCUT2D eigenvalue weighted by atomic mass is 35.5. The molecule has 4 N–H and O–H groups in total. The highest BCUT2D eigenvalue weighted by Crippen LogP contribution is 2.26. The van der Waals surface area contributed by atoms with Gasteiger partial charge in [0.05, 0.1) is 12.6 Å². The van der Waals surface area contributed by atoms with Crippen molar-refractivity contribution >= 4 is 40.9 Å². The monoisotopic (exact) mass is 433 g/mol. The molecule has 3 rings (SSSR count). The third-order valence-electron chi connectivity index (χ3n) is 4.80. The van der Waals surface area contributed by atoms with E-state index >= 15 is 0 Å². The van der Waals surface area contributed by atoms with E-state index in [0.717, 1.165) is 42.7 Å². The maximum atomic E-state index is 12.2. The number of anilines is 1. The first-order valence-corrected chi connectivity index (χ1v) is 10.3. The zero-order valence-corrected chi connectivity index (χ0v) is 17.8. The summed E-state index contributed by atoms with van der Waals surface area (Å²) in [5, 5.41) is 7.24. The fourth-order valence-corrected chi connectivity index (χ4v) is 3.82. The molecule has 1 aliphatic heterocycles. The SMILES string of the molecule is CC(NC(N)=NCc1cccc(NC(=O)N2CCCC2)c1)c1ccc(Cl)cc1Cl. The van der Waals surface area contributed by atoms with Crippen molar-refractivity contribution in [1.29, 1.82) is 0 Å². The van der Waals surface area contributed by atoms with Crippen LogP contribution >= 0.6 is 23.2 Å². The molecule has 154 valence electrons. The topological polar surface area (TPSA) is 82.7 Å². The lowest BCUT2D eigenvalue weighted by molar-refractivity contribution is 0.222. The molecule has 6 nitrogen and oxygen atoms in total. The Balaban J connectivity index is 1.57. The van der Waals surface area contributed by atoms with Gasteiger partial charge in [-0.05, 0) is 55.2 Å². The summed E-state index contributed by atoms with van der Waals surface area (Å²) < 4.78 is 0. The van der Waals surface area contributed by atoms with Crippen LogP contribution in [0.1, 0.15) is 36.9 Å². The van der Waals surface area contributed by atoms with Crippen LogP contribution in [-0.4, -0.2) is 30.0 Å². The van der Waals surface area contributed by atoms with Crippen LogP contribution in [0, 0.1) is 0 Å². The summed E-state index contributed by atoms with van der Waals surface area (Å²) in [4.78, 5) is 18.5. The van der Waals surface area contributed by atoms with Crippen molar-refractivity contribution in [1.82, 2.24) is 10.2 Å². The van der Waals surface area contributed by atoms with Gasteiger partial charge >= 0.3 is 6.03 Å². The van der Waals surface area contributed by atoms with E-state index in [-0.39, 0.29) is 12.1 Å². The van der Waals surface area contributed by atoms with E-state index in [0.29, 0.717) is 22.5 Å². The van der Waals surface area contributed by atoms with Gasteiger partial charge in [-0.15, -0.1) is 0 Å². The molecule has 0 aromatic heterocycles. The fraction of sp³-hybridized carbons (Fsp3) is 0.333. The van der Waals surface area contributed by atoms with Gasteiger partial charge in [-0.25, -0.2) is 9.79 Å². The molecule has 29 heavy (non-hydrogen) atoms. The maximum Gasteiger partial charge on any atom is 0.321 e. The molecular formula is C21H25Cl2N5O. The number of guanidine groups is 1. The van der Waals surface area contributed by atoms with E-state index in [2.05, 4.69) is 15.6 Å². The first-order valence-electron chi connectivity index (χ1n) is 9.58. The number of rotatable bonds is 5. The molecule has 1 heterocycles. The van der Waals surface area contributed by atoms with E-state index in [1.54, 1.807) is 12.1 Å². The normalized spacial score (nSPS) is 15.3. The minimum atomic E-state index is -0.116. The minimum absolute atomic E-state index is 0.0574. The Labute approximate surface area is 181 Å². The number of carbonyl (C=O) groups excluding carboxylic acids is 1. The van der Waals surface area contributed by atoms with Crippen molar-refractivity contribution in [2.24, 2.45) is 10.7 Å². The van der Waals surface area contributed by atoms with E-state index in [1.165, 1.54) is 0 Å². The third-order valence-corrected chi connectivity index (χ3v) is 5.36. The molecule has 1 unspecified atom stereocenters. The molecule has 1 fully saturated rings. The summed E-state index contributed by atoms with van der Waals surface area (Å²) in [7, 11) is 0. The lowest BCUT2D eigenvalue weighted by atomic mass is 10.1. The van der Waals surface area contributed by atoms with Gasteiger partial charge in [-0.2, -0.15) is 0 Å². The average Bonchev–Trinajstić information content (AvgIpc) is 3.21. The van der Waals surface area contributed by atoms with Crippen LogP contribution in [0.2, 0.25) is 10.0 Å². The molecule has 0 aliphatic carbocycles. The highest BCUT2D eigenvalue weighted by molar-refractivity contribution is 6.35. The van der Waals surface area contributed by atoms with Crippen molar-refractivity contribution in [3.8, 4) is 0 Å². The molecule has 1 saturated heterocycles. The van der Waals surface area contributed by atoms with Gasteiger partial charge in [0.15, 0.2) is 5.96 Å². The van der Waals surface area contributed by atoms with Gasteiger partial charge in [0.25, 0.3) is 0 Å². The fourth-order valence-electron chi connectivity index (χ4n) is 3.24. The number of nitrogens with one attached hydrogen (secondary N) is 2. The standard InChI is InChI=1S/C21H25Cl2N5O/c1-14(18-8-7-16(22)12-19(18)23)26-20(24)25-13-15-5-4-6-17(11-15)27-21(29)28-9-2-3-10-28/h4-8,11-12,14H,2-3,9-10,13H2,1H3,(H,27,29)(H3,24,25,26). The van der Waals surface area contributed by atoms with Gasteiger partial charge in [0, 0.05) is 28.8 Å². The third kappa shape index (κ3) is 6.02. The molecule has 1 aliphatic rings. The van der Waals surface area contributed by atoms with Crippen molar-refractivity contribution in [2.75, 3.05) is 18.4 Å². The molecule has 2 aromatic rings. The average molecular weight is 434 g/mol. The number of nitrogens with two attached hydrogens (primary N) is 1. The Morgan fingerprint density at radius 2 is 1.97 bits per heavy atom. The van der Waals surface area contributed by atoms with Crippen molar-refractivity contribution < 1.29 is 4.79 Å². The van der Waals surface area contributed by atoms with E-state index < -0.39 is 0 Å². The Kier molecular flexibility index (Phi) is 7.23.